The first kappa shape index (κ1) is 19.7. The first-order valence-corrected chi connectivity index (χ1v) is 9.56. The van der Waals surface area contributed by atoms with E-state index in [0.29, 0.717) is 12.6 Å². The number of ether oxygens (including phenoxy) is 1. The predicted octanol–water partition coefficient (Wildman–Crippen LogP) is 4.78. The van der Waals surface area contributed by atoms with Crippen molar-refractivity contribution in [2.45, 2.75) is 71.9 Å². The lowest BCUT2D eigenvalue weighted by atomic mass is 9.95. The van der Waals surface area contributed by atoms with Gasteiger partial charge in [-0.3, -0.25) is 9.80 Å². The molecule has 1 atom stereocenters. The molecule has 1 fully saturated rings. The van der Waals surface area contributed by atoms with E-state index >= 15 is 0 Å². The van der Waals surface area contributed by atoms with Crippen LogP contribution in [0.25, 0.3) is 0 Å². The van der Waals surface area contributed by atoms with Gasteiger partial charge in [0.1, 0.15) is 11.4 Å². The van der Waals surface area contributed by atoms with Crippen molar-refractivity contribution in [3.63, 3.8) is 0 Å². The van der Waals surface area contributed by atoms with Crippen molar-refractivity contribution in [1.29, 1.82) is 0 Å². The van der Waals surface area contributed by atoms with Crippen molar-refractivity contribution < 1.29 is 9.53 Å². The molecule has 140 valence electrons. The third-order valence-electron chi connectivity index (χ3n) is 4.51. The van der Waals surface area contributed by atoms with Gasteiger partial charge in [0.2, 0.25) is 0 Å². The van der Waals surface area contributed by atoms with Crippen LogP contribution in [-0.4, -0.2) is 41.2 Å². The van der Waals surface area contributed by atoms with E-state index in [2.05, 4.69) is 29.8 Å². The number of piperidine rings is 1. The van der Waals surface area contributed by atoms with Gasteiger partial charge in [0.15, 0.2) is 0 Å². The van der Waals surface area contributed by atoms with Crippen molar-refractivity contribution >= 4 is 11.9 Å². The summed E-state index contributed by atoms with van der Waals surface area (Å²) in [5.41, 5.74) is 0.626. The van der Waals surface area contributed by atoms with Gasteiger partial charge in [0, 0.05) is 24.3 Å². The van der Waals surface area contributed by atoms with E-state index in [-0.39, 0.29) is 6.09 Å². The molecule has 0 unspecified atom stereocenters. The van der Waals surface area contributed by atoms with Crippen LogP contribution >= 0.6 is 0 Å². The minimum Gasteiger partial charge on any atom is -0.443 e. The third-order valence-corrected chi connectivity index (χ3v) is 4.51. The Labute approximate surface area is 152 Å². The zero-order valence-corrected chi connectivity index (χ0v) is 16.4. The molecule has 1 aliphatic rings. The second-order valence-electron chi connectivity index (χ2n) is 7.69. The molecule has 1 aliphatic heterocycles. The van der Waals surface area contributed by atoms with E-state index in [0.717, 1.165) is 37.3 Å². The molecule has 0 aliphatic carbocycles. The number of likely N-dealkylation sites (tertiary alicyclic amines) is 1. The van der Waals surface area contributed by atoms with E-state index in [1.807, 2.05) is 26.8 Å². The summed E-state index contributed by atoms with van der Waals surface area (Å²) in [6.07, 6.45) is 5.89. The fourth-order valence-electron chi connectivity index (χ4n) is 3.44. The van der Waals surface area contributed by atoms with E-state index in [4.69, 9.17) is 4.74 Å². The van der Waals surface area contributed by atoms with Crippen molar-refractivity contribution in [3.05, 3.63) is 23.9 Å². The smallest absolute Gasteiger partial charge is 0.416 e. The van der Waals surface area contributed by atoms with Crippen LogP contribution < -0.4 is 4.90 Å². The Morgan fingerprint density at radius 3 is 2.76 bits per heavy atom. The molecule has 0 aromatic carbocycles. The normalized spacial score (nSPS) is 18.8. The molecular weight excluding hydrogens is 314 g/mol. The number of aromatic nitrogens is 1. The van der Waals surface area contributed by atoms with Gasteiger partial charge in [-0.25, -0.2) is 9.78 Å². The summed E-state index contributed by atoms with van der Waals surface area (Å²) in [6, 6.07) is 4.42. The molecule has 0 radical (unpaired) electrons. The monoisotopic (exact) mass is 347 g/mol. The highest BCUT2D eigenvalue weighted by molar-refractivity contribution is 5.87. The van der Waals surface area contributed by atoms with Crippen LogP contribution in [0.4, 0.5) is 10.6 Å². The lowest BCUT2D eigenvalue weighted by Gasteiger charge is -2.37. The molecule has 2 heterocycles. The Hall–Kier alpha value is -1.62. The van der Waals surface area contributed by atoms with Crippen LogP contribution in [0.15, 0.2) is 18.3 Å². The molecule has 1 saturated heterocycles. The number of hydrogen-bond donors (Lipinski definition) is 0. The van der Waals surface area contributed by atoms with Crippen LogP contribution in [0.1, 0.15) is 71.9 Å². The highest BCUT2D eigenvalue weighted by Crippen LogP contribution is 2.35. The van der Waals surface area contributed by atoms with Gasteiger partial charge in [-0.2, -0.15) is 0 Å². The molecule has 5 nitrogen and oxygen atoms in total. The molecule has 1 amide bonds. The van der Waals surface area contributed by atoms with Gasteiger partial charge in [0.05, 0.1) is 0 Å². The minimum absolute atomic E-state index is 0.312. The standard InChI is InChI=1S/C20H33N3O2/c1-6-14-23(19(24)25-20(3,4)5)18-16(11-10-13-21-18)17-12-8-9-15-22(17)7-2/h10-11,13,17H,6-9,12,14-15H2,1-5H3/t17-/m0/s1. The average Bonchev–Trinajstić information content (AvgIpc) is 2.58. The summed E-state index contributed by atoms with van der Waals surface area (Å²) in [5.74, 6) is 0.754. The van der Waals surface area contributed by atoms with Gasteiger partial charge >= 0.3 is 6.09 Å². The van der Waals surface area contributed by atoms with E-state index in [9.17, 15) is 4.79 Å². The summed E-state index contributed by atoms with van der Waals surface area (Å²) >= 11 is 0. The zero-order chi connectivity index (χ0) is 18.4. The second-order valence-corrected chi connectivity index (χ2v) is 7.69. The topological polar surface area (TPSA) is 45.7 Å². The van der Waals surface area contributed by atoms with Gasteiger partial charge in [-0.1, -0.05) is 26.3 Å². The van der Waals surface area contributed by atoms with E-state index in [1.165, 1.54) is 12.8 Å². The van der Waals surface area contributed by atoms with Crippen molar-refractivity contribution in [1.82, 2.24) is 9.88 Å². The number of carbonyl (C=O) groups excluding carboxylic acids is 1. The summed E-state index contributed by atoms with van der Waals surface area (Å²) in [6.45, 7) is 12.7. The maximum absolute atomic E-state index is 12.8. The first-order valence-electron chi connectivity index (χ1n) is 9.56. The largest absolute Gasteiger partial charge is 0.443 e. The van der Waals surface area contributed by atoms with Gasteiger partial charge in [-0.05, 0) is 59.2 Å². The summed E-state index contributed by atoms with van der Waals surface area (Å²) < 4.78 is 5.64. The molecule has 0 saturated carbocycles. The fraction of sp³-hybridized carbons (Fsp3) is 0.700. The third kappa shape index (κ3) is 5.18. The number of amides is 1. The quantitative estimate of drug-likeness (QED) is 0.769. The SMILES string of the molecule is CCCN(C(=O)OC(C)(C)C)c1ncccc1[C@@H]1CCCCN1CC. The Morgan fingerprint density at radius 2 is 2.12 bits per heavy atom. The fourth-order valence-corrected chi connectivity index (χ4v) is 3.44. The predicted molar refractivity (Wildman–Crippen MR) is 102 cm³/mol. The lowest BCUT2D eigenvalue weighted by molar-refractivity contribution is 0.0578. The molecule has 1 aromatic rings. The number of anilines is 1. The highest BCUT2D eigenvalue weighted by atomic mass is 16.6. The number of hydrogen-bond acceptors (Lipinski definition) is 4. The molecular formula is C20H33N3O2. The molecule has 5 heteroatoms. The van der Waals surface area contributed by atoms with Crippen molar-refractivity contribution in [2.75, 3.05) is 24.5 Å². The molecule has 25 heavy (non-hydrogen) atoms. The molecule has 2 rings (SSSR count). The Kier molecular flexibility index (Phi) is 6.82. The number of pyridine rings is 1. The van der Waals surface area contributed by atoms with Crippen LogP contribution in [0.5, 0.6) is 0 Å². The molecule has 0 N–H and O–H groups in total. The first-order chi connectivity index (χ1) is 11.9. The van der Waals surface area contributed by atoms with Gasteiger partial charge in [-0.15, -0.1) is 0 Å². The van der Waals surface area contributed by atoms with E-state index in [1.54, 1.807) is 11.1 Å². The van der Waals surface area contributed by atoms with Crippen molar-refractivity contribution in [2.24, 2.45) is 0 Å². The Balaban J connectivity index is 2.36. The second kappa shape index (κ2) is 8.65. The van der Waals surface area contributed by atoms with Crippen LogP contribution in [0, 0.1) is 0 Å². The maximum atomic E-state index is 12.8. The van der Waals surface area contributed by atoms with Crippen molar-refractivity contribution in [3.8, 4) is 0 Å². The molecule has 0 spiro atoms. The zero-order valence-electron chi connectivity index (χ0n) is 16.4. The maximum Gasteiger partial charge on any atom is 0.416 e. The summed E-state index contributed by atoms with van der Waals surface area (Å²) in [5, 5.41) is 0. The summed E-state index contributed by atoms with van der Waals surface area (Å²) in [4.78, 5) is 21.6. The van der Waals surface area contributed by atoms with Gasteiger partial charge in [0.25, 0.3) is 0 Å². The van der Waals surface area contributed by atoms with Crippen LogP contribution in [0.2, 0.25) is 0 Å². The van der Waals surface area contributed by atoms with E-state index < -0.39 is 5.60 Å². The highest BCUT2D eigenvalue weighted by Gasteiger charge is 2.30. The number of rotatable bonds is 5. The summed E-state index contributed by atoms with van der Waals surface area (Å²) in [7, 11) is 0. The average molecular weight is 348 g/mol. The number of nitrogens with zero attached hydrogens (tertiary/aromatic N) is 3. The van der Waals surface area contributed by atoms with Gasteiger partial charge < -0.3 is 4.74 Å². The molecule has 0 bridgehead atoms. The number of carbonyl (C=O) groups is 1. The molecule has 1 aromatic heterocycles. The Morgan fingerprint density at radius 1 is 1.36 bits per heavy atom. The van der Waals surface area contributed by atoms with Crippen LogP contribution in [-0.2, 0) is 4.74 Å². The lowest BCUT2D eigenvalue weighted by Crippen LogP contribution is -2.40. The Bertz CT molecular complexity index is 568. The van der Waals surface area contributed by atoms with Crippen LogP contribution in [0.3, 0.4) is 0 Å². The minimum atomic E-state index is -0.516.